The van der Waals surface area contributed by atoms with Crippen molar-refractivity contribution in [1.82, 2.24) is 14.3 Å². The fourth-order valence-electron chi connectivity index (χ4n) is 3.07. The molecule has 0 fully saturated rings. The van der Waals surface area contributed by atoms with Crippen LogP contribution in [-0.2, 0) is 17.5 Å². The first-order valence-electron chi connectivity index (χ1n) is 9.13. The van der Waals surface area contributed by atoms with Crippen molar-refractivity contribution in [2.24, 2.45) is 0 Å². The fraction of sp³-hybridized carbons (Fsp3) is 0.300. The topological polar surface area (TPSA) is 58.9 Å². The Kier molecular flexibility index (Phi) is 8.78. The lowest BCUT2D eigenvalue weighted by atomic mass is 10.2. The molecular weight excluding hydrogens is 492 g/mol. The minimum Gasteiger partial charge on any atom is -0.383 e. The Morgan fingerprint density at radius 2 is 1.88 bits per heavy atom. The van der Waals surface area contributed by atoms with Crippen molar-refractivity contribution in [1.29, 1.82) is 0 Å². The van der Waals surface area contributed by atoms with Crippen LogP contribution in [-0.4, -0.2) is 47.5 Å². The Labute approximate surface area is 198 Å². The molecule has 0 radical (unpaired) electrons. The van der Waals surface area contributed by atoms with Crippen LogP contribution in [0.5, 0.6) is 0 Å². The van der Waals surface area contributed by atoms with Crippen LogP contribution in [0.25, 0.3) is 5.65 Å². The van der Waals surface area contributed by atoms with Crippen LogP contribution in [0.4, 0.5) is 18.9 Å². The van der Waals surface area contributed by atoms with Gasteiger partial charge in [-0.1, -0.05) is 29.3 Å². The zero-order valence-electron chi connectivity index (χ0n) is 17.0. The summed E-state index contributed by atoms with van der Waals surface area (Å²) in [6.07, 6.45) is -3.20. The number of anilines is 1. The molecule has 0 saturated carbocycles. The molecule has 32 heavy (non-hydrogen) atoms. The maximum Gasteiger partial charge on any atom is 0.435 e. The minimum atomic E-state index is -4.67. The third kappa shape index (κ3) is 5.65. The van der Waals surface area contributed by atoms with Crippen LogP contribution in [0.2, 0.25) is 10.0 Å². The SMILES string of the molecule is COCCN(C)Cc1c(C(F)(F)F)nc2c(NC(=O)c3c(Cl)cccc3Cl)cccn12.Cl. The van der Waals surface area contributed by atoms with E-state index in [1.807, 2.05) is 0 Å². The van der Waals surface area contributed by atoms with Crippen molar-refractivity contribution in [3.8, 4) is 0 Å². The molecule has 0 saturated heterocycles. The number of methoxy groups -OCH3 is 1. The number of likely N-dealkylation sites (N-methyl/N-ethyl adjacent to an activating group) is 1. The van der Waals surface area contributed by atoms with E-state index in [-0.39, 0.29) is 51.6 Å². The number of imidazole rings is 1. The number of carbonyl (C=O) groups excluding carboxylic acids is 1. The number of hydrogen-bond acceptors (Lipinski definition) is 4. The summed E-state index contributed by atoms with van der Waals surface area (Å²) in [6, 6.07) is 7.56. The summed E-state index contributed by atoms with van der Waals surface area (Å²) >= 11 is 12.1. The highest BCUT2D eigenvalue weighted by atomic mass is 35.5. The van der Waals surface area contributed by atoms with Crippen molar-refractivity contribution in [3.63, 3.8) is 0 Å². The molecule has 3 aromatic rings. The lowest BCUT2D eigenvalue weighted by molar-refractivity contribution is -0.141. The number of nitrogens with zero attached hydrogens (tertiary/aromatic N) is 3. The van der Waals surface area contributed by atoms with E-state index in [0.29, 0.717) is 13.2 Å². The summed E-state index contributed by atoms with van der Waals surface area (Å²) in [5.41, 5.74) is -0.988. The molecule has 174 valence electrons. The van der Waals surface area contributed by atoms with Gasteiger partial charge in [0.05, 0.1) is 33.6 Å². The molecule has 0 aliphatic heterocycles. The Morgan fingerprint density at radius 3 is 2.47 bits per heavy atom. The van der Waals surface area contributed by atoms with Gasteiger partial charge in [-0.05, 0) is 31.3 Å². The highest BCUT2D eigenvalue weighted by molar-refractivity contribution is 6.40. The number of ether oxygens (including phenoxy) is 1. The number of nitrogens with one attached hydrogen (secondary N) is 1. The van der Waals surface area contributed by atoms with Crippen LogP contribution in [0, 0.1) is 0 Å². The Morgan fingerprint density at radius 1 is 1.22 bits per heavy atom. The number of carbonyl (C=O) groups is 1. The van der Waals surface area contributed by atoms with Crippen LogP contribution in [0.15, 0.2) is 36.5 Å². The van der Waals surface area contributed by atoms with Crippen LogP contribution >= 0.6 is 35.6 Å². The van der Waals surface area contributed by atoms with Gasteiger partial charge in [-0.15, -0.1) is 12.4 Å². The Balaban J connectivity index is 0.00000363. The van der Waals surface area contributed by atoms with E-state index in [4.69, 9.17) is 27.9 Å². The molecule has 6 nitrogen and oxygen atoms in total. The third-order valence-corrected chi connectivity index (χ3v) is 5.18. The van der Waals surface area contributed by atoms with Gasteiger partial charge in [0.2, 0.25) is 0 Å². The van der Waals surface area contributed by atoms with E-state index in [1.165, 1.54) is 42.0 Å². The van der Waals surface area contributed by atoms with Gasteiger partial charge in [0.15, 0.2) is 11.3 Å². The second kappa shape index (κ2) is 10.7. The summed E-state index contributed by atoms with van der Waals surface area (Å²) in [4.78, 5) is 18.2. The van der Waals surface area contributed by atoms with Gasteiger partial charge < -0.3 is 14.5 Å². The summed E-state index contributed by atoms with van der Waals surface area (Å²) < 4.78 is 47.4. The molecule has 1 amide bonds. The summed E-state index contributed by atoms with van der Waals surface area (Å²) in [5.74, 6) is -0.654. The van der Waals surface area contributed by atoms with Crippen molar-refractivity contribution in [2.45, 2.75) is 12.7 Å². The normalized spacial score (nSPS) is 11.6. The molecule has 12 heteroatoms. The van der Waals surface area contributed by atoms with Gasteiger partial charge in [0, 0.05) is 26.4 Å². The van der Waals surface area contributed by atoms with E-state index in [0.717, 1.165) is 0 Å². The molecule has 3 rings (SSSR count). The lowest BCUT2D eigenvalue weighted by Crippen LogP contribution is -2.24. The number of pyridine rings is 1. The van der Waals surface area contributed by atoms with Crippen LogP contribution in [0.3, 0.4) is 0 Å². The van der Waals surface area contributed by atoms with E-state index >= 15 is 0 Å². The first-order chi connectivity index (χ1) is 14.6. The monoisotopic (exact) mass is 510 g/mol. The molecule has 1 N–H and O–H groups in total. The first-order valence-corrected chi connectivity index (χ1v) is 9.89. The smallest absolute Gasteiger partial charge is 0.383 e. The van der Waals surface area contributed by atoms with Gasteiger partial charge in [-0.3, -0.25) is 9.69 Å². The Bertz CT molecular complexity index is 1090. The fourth-order valence-corrected chi connectivity index (χ4v) is 3.64. The van der Waals surface area contributed by atoms with E-state index < -0.39 is 17.8 Å². The number of fused-ring (bicyclic) bond motifs is 1. The summed E-state index contributed by atoms with van der Waals surface area (Å²) in [5, 5.41) is 2.81. The first kappa shape index (κ1) is 26.2. The highest BCUT2D eigenvalue weighted by Crippen LogP contribution is 2.34. The maximum absolute atomic E-state index is 13.7. The number of rotatable bonds is 7. The van der Waals surface area contributed by atoms with Gasteiger partial charge in [-0.2, -0.15) is 13.2 Å². The number of aromatic nitrogens is 2. The molecule has 0 unspecified atom stereocenters. The van der Waals surface area contributed by atoms with E-state index in [2.05, 4.69) is 10.3 Å². The predicted octanol–water partition coefficient (Wildman–Crippen LogP) is 5.41. The summed E-state index contributed by atoms with van der Waals surface area (Å²) in [7, 11) is 3.20. The number of amides is 1. The molecule has 2 aromatic heterocycles. The highest BCUT2D eigenvalue weighted by Gasteiger charge is 2.38. The van der Waals surface area contributed by atoms with Crippen molar-refractivity contribution >= 4 is 52.9 Å². The van der Waals surface area contributed by atoms with Gasteiger partial charge in [0.25, 0.3) is 5.91 Å². The predicted molar refractivity (Wildman–Crippen MR) is 120 cm³/mol. The Hall–Kier alpha value is -2.04. The van der Waals surface area contributed by atoms with Crippen molar-refractivity contribution < 1.29 is 22.7 Å². The average molecular weight is 512 g/mol. The van der Waals surface area contributed by atoms with Crippen molar-refractivity contribution in [2.75, 3.05) is 32.6 Å². The lowest BCUT2D eigenvalue weighted by Gasteiger charge is -2.17. The number of halogens is 6. The second-order valence-corrected chi connectivity index (χ2v) is 7.62. The van der Waals surface area contributed by atoms with Crippen LogP contribution in [0.1, 0.15) is 21.7 Å². The number of hydrogen-bond donors (Lipinski definition) is 1. The standard InChI is InChI=1S/C20H19Cl2F3N4O2.ClH/c1-28(9-10-31-2)11-15-17(20(23,24)25)27-18-14(7-4-8-29(15)18)26-19(30)16-12(21)5-3-6-13(16)22;/h3-8H,9-11H2,1-2H3,(H,26,30);1H. The van der Waals surface area contributed by atoms with Gasteiger partial charge in [-0.25, -0.2) is 4.98 Å². The minimum absolute atomic E-state index is 0. The molecule has 0 aliphatic carbocycles. The zero-order chi connectivity index (χ0) is 22.8. The molecular formula is C20H20Cl3F3N4O2. The summed E-state index contributed by atoms with van der Waals surface area (Å²) in [6.45, 7) is 0.782. The number of benzene rings is 1. The zero-order valence-corrected chi connectivity index (χ0v) is 19.4. The molecule has 0 spiro atoms. The van der Waals surface area contributed by atoms with E-state index in [1.54, 1.807) is 18.0 Å². The van der Waals surface area contributed by atoms with E-state index in [9.17, 15) is 18.0 Å². The van der Waals surface area contributed by atoms with Crippen LogP contribution < -0.4 is 5.32 Å². The molecule has 0 atom stereocenters. The largest absolute Gasteiger partial charge is 0.435 e. The van der Waals surface area contributed by atoms with Crippen molar-refractivity contribution in [3.05, 3.63) is 63.5 Å². The third-order valence-electron chi connectivity index (χ3n) is 4.55. The number of alkyl halides is 3. The van der Waals surface area contributed by atoms with Gasteiger partial charge >= 0.3 is 6.18 Å². The molecule has 0 bridgehead atoms. The maximum atomic E-state index is 13.7. The molecule has 0 aliphatic rings. The molecule has 1 aromatic carbocycles. The second-order valence-electron chi connectivity index (χ2n) is 6.80. The molecule has 2 heterocycles. The quantitative estimate of drug-likeness (QED) is 0.461. The average Bonchev–Trinajstić information content (AvgIpc) is 3.06. The van der Waals surface area contributed by atoms with Gasteiger partial charge in [0.1, 0.15) is 0 Å².